The summed E-state index contributed by atoms with van der Waals surface area (Å²) in [6.45, 7) is 2.59. The molecule has 1 fully saturated rings. The summed E-state index contributed by atoms with van der Waals surface area (Å²) in [5.74, 6) is 0.228. The minimum Gasteiger partial charge on any atom is -0.379 e. The Morgan fingerprint density at radius 1 is 1.69 bits per heavy atom. The Hall–Kier alpha value is -1.09. The zero-order valence-electron chi connectivity index (χ0n) is 8.08. The van der Waals surface area contributed by atoms with Gasteiger partial charge in [-0.05, 0) is 18.4 Å². The molecular weight excluding hydrogens is 164 g/mol. The molecular formula is C10H15N2O+. The van der Waals surface area contributed by atoms with Crippen LogP contribution >= 0.6 is 0 Å². The lowest BCUT2D eigenvalue weighted by atomic mass is 10.1. The Morgan fingerprint density at radius 2 is 2.46 bits per heavy atom. The maximum Gasteiger partial charge on any atom is 0.315 e. The van der Waals surface area contributed by atoms with Gasteiger partial charge in [0, 0.05) is 6.42 Å². The molecule has 0 radical (unpaired) electrons. The number of hydrogen-bond acceptors (Lipinski definition) is 2. The summed E-state index contributed by atoms with van der Waals surface area (Å²) in [4.78, 5) is 11.5. The summed E-state index contributed by atoms with van der Waals surface area (Å²) in [5.41, 5.74) is 1.20. The average molecular weight is 179 g/mol. The Labute approximate surface area is 78.3 Å². The quantitative estimate of drug-likeness (QED) is 0.556. The first-order valence-corrected chi connectivity index (χ1v) is 4.64. The molecule has 0 aromatic rings. The van der Waals surface area contributed by atoms with Crippen molar-refractivity contribution < 1.29 is 9.28 Å². The predicted octanol–water partition coefficient (Wildman–Crippen LogP) is 0.753. The van der Waals surface area contributed by atoms with Gasteiger partial charge in [0.25, 0.3) is 0 Å². The number of allylic oxidation sites excluding steroid dienone is 2. The van der Waals surface area contributed by atoms with Crippen molar-refractivity contribution >= 4 is 5.91 Å². The third-order valence-electron chi connectivity index (χ3n) is 3.15. The Balaban J connectivity index is 2.38. The van der Waals surface area contributed by atoms with E-state index in [1.165, 1.54) is 5.70 Å². The van der Waals surface area contributed by atoms with Crippen molar-refractivity contribution in [3.05, 3.63) is 24.0 Å². The van der Waals surface area contributed by atoms with E-state index in [0.29, 0.717) is 10.5 Å². The minimum absolute atomic E-state index is 0.228. The lowest BCUT2D eigenvalue weighted by Crippen LogP contribution is -2.46. The fraction of sp³-hybridized carbons (Fsp3) is 0.500. The fourth-order valence-electron chi connectivity index (χ4n) is 2.12. The van der Waals surface area contributed by atoms with Gasteiger partial charge in [0.2, 0.25) is 0 Å². The molecule has 1 saturated heterocycles. The molecule has 2 rings (SSSR count). The average Bonchev–Trinajstić information content (AvgIpc) is 2.47. The largest absolute Gasteiger partial charge is 0.379 e. The van der Waals surface area contributed by atoms with Gasteiger partial charge in [-0.2, -0.15) is 0 Å². The summed E-state index contributed by atoms with van der Waals surface area (Å²) in [7, 11) is 2.00. The molecule has 13 heavy (non-hydrogen) atoms. The molecule has 2 heterocycles. The van der Waals surface area contributed by atoms with Crippen LogP contribution in [0.3, 0.4) is 0 Å². The number of carbonyl (C=O) groups excluding carboxylic acids is 1. The van der Waals surface area contributed by atoms with Crippen LogP contribution in [0.25, 0.3) is 0 Å². The molecule has 3 heteroatoms. The van der Waals surface area contributed by atoms with E-state index in [0.717, 1.165) is 13.0 Å². The van der Waals surface area contributed by atoms with E-state index >= 15 is 0 Å². The topological polar surface area (TPSA) is 29.1 Å². The summed E-state index contributed by atoms with van der Waals surface area (Å²) in [5, 5.41) is 3.27. The Bertz CT molecular complexity index is 306. The number of carbonyl (C=O) groups is 1. The minimum atomic E-state index is 0.228. The molecule has 2 aliphatic rings. The van der Waals surface area contributed by atoms with E-state index in [-0.39, 0.29) is 5.91 Å². The second-order valence-corrected chi connectivity index (χ2v) is 3.89. The molecule has 0 saturated carbocycles. The maximum atomic E-state index is 11.5. The van der Waals surface area contributed by atoms with E-state index in [1.54, 1.807) is 6.92 Å². The molecule has 1 amide bonds. The maximum absolute atomic E-state index is 11.5. The summed E-state index contributed by atoms with van der Waals surface area (Å²) in [6, 6.07) is 0.374. The highest BCUT2D eigenvalue weighted by Gasteiger charge is 2.44. The molecule has 2 atom stereocenters. The SMILES string of the molecule is CC(=O)[N+]1(C)CCC2NC=CC=C21. The van der Waals surface area contributed by atoms with Crippen molar-refractivity contribution in [2.24, 2.45) is 0 Å². The molecule has 0 spiro atoms. The van der Waals surface area contributed by atoms with Gasteiger partial charge in [-0.1, -0.05) is 0 Å². The number of likely N-dealkylation sites (N-methyl/N-ethyl adjacent to an activating group) is 1. The normalized spacial score (nSPS) is 36.5. The van der Waals surface area contributed by atoms with Gasteiger partial charge >= 0.3 is 5.91 Å². The molecule has 3 nitrogen and oxygen atoms in total. The van der Waals surface area contributed by atoms with Crippen molar-refractivity contribution in [2.45, 2.75) is 19.4 Å². The smallest absolute Gasteiger partial charge is 0.315 e. The fourth-order valence-corrected chi connectivity index (χ4v) is 2.12. The van der Waals surface area contributed by atoms with Crippen LogP contribution in [0, 0.1) is 0 Å². The van der Waals surface area contributed by atoms with Crippen molar-refractivity contribution in [1.82, 2.24) is 5.32 Å². The van der Waals surface area contributed by atoms with Gasteiger partial charge in [-0.15, -0.1) is 0 Å². The highest BCUT2D eigenvalue weighted by atomic mass is 16.2. The van der Waals surface area contributed by atoms with Crippen molar-refractivity contribution in [3.63, 3.8) is 0 Å². The molecule has 70 valence electrons. The first kappa shape index (κ1) is 8.51. The molecule has 2 unspecified atom stereocenters. The Kier molecular flexibility index (Phi) is 1.77. The first-order chi connectivity index (χ1) is 6.14. The number of nitrogens with one attached hydrogen (secondary N) is 1. The number of dihydropyridines is 1. The van der Waals surface area contributed by atoms with E-state index in [1.807, 2.05) is 19.3 Å². The molecule has 0 bridgehead atoms. The molecule has 0 aromatic carbocycles. The van der Waals surface area contributed by atoms with Gasteiger partial charge < -0.3 is 5.32 Å². The number of likely N-dealkylation sites (tertiary alicyclic amines) is 1. The highest BCUT2D eigenvalue weighted by molar-refractivity contribution is 5.67. The second-order valence-electron chi connectivity index (χ2n) is 3.89. The standard InChI is InChI=1S/C10H15N2O/c1-8(13)12(2)7-5-9-10(12)4-3-6-11-9/h3-4,6,9,11H,5,7H2,1-2H3/q+1. The summed E-state index contributed by atoms with van der Waals surface area (Å²) >= 11 is 0. The van der Waals surface area contributed by atoms with Gasteiger partial charge in [-0.25, -0.2) is 9.28 Å². The number of nitrogens with zero attached hydrogens (tertiary/aromatic N) is 1. The van der Waals surface area contributed by atoms with E-state index in [2.05, 4.69) is 11.4 Å². The van der Waals surface area contributed by atoms with Crippen LogP contribution in [-0.2, 0) is 4.79 Å². The van der Waals surface area contributed by atoms with E-state index in [9.17, 15) is 4.79 Å². The van der Waals surface area contributed by atoms with Gasteiger partial charge in [0.15, 0.2) is 0 Å². The van der Waals surface area contributed by atoms with Gasteiger partial charge in [-0.3, -0.25) is 0 Å². The highest BCUT2D eigenvalue weighted by Crippen LogP contribution is 2.30. The van der Waals surface area contributed by atoms with E-state index < -0.39 is 0 Å². The monoisotopic (exact) mass is 179 g/mol. The first-order valence-electron chi connectivity index (χ1n) is 4.64. The third kappa shape index (κ3) is 1.11. The van der Waals surface area contributed by atoms with Crippen molar-refractivity contribution in [2.75, 3.05) is 13.6 Å². The van der Waals surface area contributed by atoms with Gasteiger partial charge in [0.05, 0.1) is 20.5 Å². The van der Waals surface area contributed by atoms with E-state index in [4.69, 9.17) is 0 Å². The molecule has 0 aliphatic carbocycles. The van der Waals surface area contributed by atoms with Crippen LogP contribution in [0.5, 0.6) is 0 Å². The van der Waals surface area contributed by atoms with Crippen LogP contribution in [0.2, 0.25) is 0 Å². The molecule has 0 aromatic heterocycles. The number of hydrogen-bond donors (Lipinski definition) is 1. The zero-order chi connectivity index (χ0) is 9.47. The third-order valence-corrected chi connectivity index (χ3v) is 3.15. The van der Waals surface area contributed by atoms with Crippen LogP contribution in [0.15, 0.2) is 24.0 Å². The van der Waals surface area contributed by atoms with Gasteiger partial charge in [0.1, 0.15) is 11.7 Å². The lowest BCUT2D eigenvalue weighted by Gasteiger charge is -2.28. The zero-order valence-corrected chi connectivity index (χ0v) is 8.08. The predicted molar refractivity (Wildman–Crippen MR) is 50.5 cm³/mol. The summed E-state index contributed by atoms with van der Waals surface area (Å²) < 4.78 is 0.474. The van der Waals surface area contributed by atoms with Crippen LogP contribution in [0.1, 0.15) is 13.3 Å². The summed E-state index contributed by atoms with van der Waals surface area (Å²) in [6.07, 6.45) is 7.03. The number of amides is 1. The number of quaternary nitrogens is 1. The number of rotatable bonds is 0. The Morgan fingerprint density at radius 3 is 3.15 bits per heavy atom. The van der Waals surface area contributed by atoms with Crippen molar-refractivity contribution in [1.29, 1.82) is 0 Å². The molecule has 1 N–H and O–H groups in total. The molecule has 2 aliphatic heterocycles. The van der Waals surface area contributed by atoms with Crippen molar-refractivity contribution in [3.8, 4) is 0 Å². The second kappa shape index (κ2) is 2.70. The van der Waals surface area contributed by atoms with Crippen LogP contribution in [-0.4, -0.2) is 30.0 Å². The van der Waals surface area contributed by atoms with Crippen LogP contribution < -0.4 is 5.32 Å². The number of fused-ring (bicyclic) bond motifs is 1. The lowest BCUT2D eigenvalue weighted by molar-refractivity contribution is -0.785. The van der Waals surface area contributed by atoms with Crippen LogP contribution in [0.4, 0.5) is 0 Å².